The van der Waals surface area contributed by atoms with Crippen molar-refractivity contribution in [3.8, 4) is 11.3 Å². The molecule has 0 saturated carbocycles. The summed E-state index contributed by atoms with van der Waals surface area (Å²) < 4.78 is 14.9. The standard InChI is InChI=1S/C18H11FN4O3S/c19-13-6-4-11(5-7-13)15-16(22-8-9-27-18(22)20-15)21-17(24)12-2-1-3-14(10-12)23(25)26/h1-10H,(H,21,24). The van der Waals surface area contributed by atoms with Crippen LogP contribution in [-0.2, 0) is 0 Å². The normalized spacial score (nSPS) is 10.9. The van der Waals surface area contributed by atoms with Crippen molar-refractivity contribution >= 4 is 33.7 Å². The van der Waals surface area contributed by atoms with Gasteiger partial charge in [0.05, 0.1) is 4.92 Å². The third kappa shape index (κ3) is 3.15. The molecule has 1 N–H and O–H groups in total. The van der Waals surface area contributed by atoms with E-state index in [0.717, 1.165) is 0 Å². The van der Waals surface area contributed by atoms with Crippen molar-refractivity contribution in [2.24, 2.45) is 0 Å². The molecule has 0 fully saturated rings. The van der Waals surface area contributed by atoms with Crippen molar-refractivity contribution < 1.29 is 14.1 Å². The number of nitro benzene ring substituents is 1. The third-order valence-corrected chi connectivity index (χ3v) is 4.69. The van der Waals surface area contributed by atoms with Crippen LogP contribution in [0, 0.1) is 15.9 Å². The second kappa shape index (κ2) is 6.61. The maximum Gasteiger partial charge on any atom is 0.270 e. The number of carbonyl (C=O) groups is 1. The first-order valence-electron chi connectivity index (χ1n) is 7.80. The van der Waals surface area contributed by atoms with E-state index in [9.17, 15) is 19.3 Å². The van der Waals surface area contributed by atoms with Gasteiger partial charge in [-0.25, -0.2) is 9.37 Å². The number of nitro groups is 1. The molecule has 0 aliphatic rings. The topological polar surface area (TPSA) is 89.5 Å². The minimum Gasteiger partial charge on any atom is -0.306 e. The Kier molecular flexibility index (Phi) is 4.13. The molecule has 2 aromatic carbocycles. The molecule has 0 bridgehead atoms. The number of nitrogens with zero attached hydrogens (tertiary/aromatic N) is 3. The number of anilines is 1. The van der Waals surface area contributed by atoms with Gasteiger partial charge in [-0.1, -0.05) is 6.07 Å². The molecule has 0 aliphatic heterocycles. The first-order valence-corrected chi connectivity index (χ1v) is 8.68. The van der Waals surface area contributed by atoms with Gasteiger partial charge in [-0.3, -0.25) is 19.3 Å². The lowest BCUT2D eigenvalue weighted by Crippen LogP contribution is -2.14. The average molecular weight is 382 g/mol. The number of hydrogen-bond acceptors (Lipinski definition) is 5. The number of imidazole rings is 1. The molecule has 0 saturated heterocycles. The van der Waals surface area contributed by atoms with E-state index in [0.29, 0.717) is 22.0 Å². The number of carbonyl (C=O) groups excluding carboxylic acids is 1. The number of hydrogen-bond donors (Lipinski definition) is 1. The van der Waals surface area contributed by atoms with Crippen LogP contribution >= 0.6 is 11.3 Å². The Morgan fingerprint density at radius 3 is 2.74 bits per heavy atom. The summed E-state index contributed by atoms with van der Waals surface area (Å²) in [5.41, 5.74) is 1.11. The van der Waals surface area contributed by atoms with Gasteiger partial charge in [0.25, 0.3) is 11.6 Å². The number of benzene rings is 2. The molecule has 1 amide bonds. The van der Waals surface area contributed by atoms with E-state index in [2.05, 4.69) is 10.3 Å². The number of nitrogens with one attached hydrogen (secondary N) is 1. The van der Waals surface area contributed by atoms with Gasteiger partial charge in [0.2, 0.25) is 0 Å². The number of rotatable bonds is 4. The Bertz CT molecular complexity index is 1170. The van der Waals surface area contributed by atoms with E-state index in [4.69, 9.17) is 0 Å². The van der Waals surface area contributed by atoms with Crippen LogP contribution in [0.1, 0.15) is 10.4 Å². The van der Waals surface area contributed by atoms with Gasteiger partial charge in [0.15, 0.2) is 4.96 Å². The molecule has 0 spiro atoms. The summed E-state index contributed by atoms with van der Waals surface area (Å²) in [5, 5.41) is 15.5. The molecule has 0 unspecified atom stereocenters. The van der Waals surface area contributed by atoms with Crippen molar-refractivity contribution in [2.75, 3.05) is 5.32 Å². The lowest BCUT2D eigenvalue weighted by atomic mass is 10.1. The minimum absolute atomic E-state index is 0.152. The van der Waals surface area contributed by atoms with E-state index in [1.807, 2.05) is 5.38 Å². The van der Waals surface area contributed by atoms with Crippen LogP contribution in [0.3, 0.4) is 0 Å². The van der Waals surface area contributed by atoms with Crippen molar-refractivity contribution in [1.82, 2.24) is 9.38 Å². The van der Waals surface area contributed by atoms with E-state index < -0.39 is 10.8 Å². The second-order valence-corrected chi connectivity index (χ2v) is 6.51. The summed E-state index contributed by atoms with van der Waals surface area (Å²) in [4.78, 5) is 28.2. The highest BCUT2D eigenvalue weighted by molar-refractivity contribution is 7.15. The molecule has 2 heterocycles. The SMILES string of the molecule is O=C(Nc1c(-c2ccc(F)cc2)nc2sccn12)c1cccc([N+](=O)[O-])c1. The summed E-state index contributed by atoms with van der Waals surface area (Å²) in [7, 11) is 0. The molecule has 7 nitrogen and oxygen atoms in total. The summed E-state index contributed by atoms with van der Waals surface area (Å²) in [6.45, 7) is 0. The lowest BCUT2D eigenvalue weighted by molar-refractivity contribution is -0.384. The van der Waals surface area contributed by atoms with E-state index in [1.165, 1.54) is 47.7 Å². The van der Waals surface area contributed by atoms with E-state index in [1.54, 1.807) is 22.7 Å². The van der Waals surface area contributed by atoms with Gasteiger partial charge < -0.3 is 5.32 Å². The zero-order valence-corrected chi connectivity index (χ0v) is 14.4. The lowest BCUT2D eigenvalue weighted by Gasteiger charge is -2.07. The molecular weight excluding hydrogens is 371 g/mol. The quantitative estimate of drug-likeness (QED) is 0.419. The van der Waals surface area contributed by atoms with E-state index >= 15 is 0 Å². The summed E-state index contributed by atoms with van der Waals surface area (Å²) in [6, 6.07) is 11.2. The van der Waals surface area contributed by atoms with Crippen LogP contribution in [0.15, 0.2) is 60.1 Å². The number of halogens is 1. The number of thiazole rings is 1. The maximum atomic E-state index is 13.2. The highest BCUT2D eigenvalue weighted by Crippen LogP contribution is 2.31. The third-order valence-electron chi connectivity index (χ3n) is 3.93. The molecule has 4 aromatic rings. The number of aromatic nitrogens is 2. The molecule has 134 valence electrons. The summed E-state index contributed by atoms with van der Waals surface area (Å²) >= 11 is 1.39. The zero-order valence-electron chi connectivity index (χ0n) is 13.6. The summed E-state index contributed by atoms with van der Waals surface area (Å²) in [5.74, 6) is -0.466. The Hall–Kier alpha value is -3.59. The summed E-state index contributed by atoms with van der Waals surface area (Å²) in [6.07, 6.45) is 1.75. The largest absolute Gasteiger partial charge is 0.306 e. The monoisotopic (exact) mass is 382 g/mol. The number of fused-ring (bicyclic) bond motifs is 1. The number of non-ortho nitro benzene ring substituents is 1. The Morgan fingerprint density at radius 2 is 2.00 bits per heavy atom. The smallest absolute Gasteiger partial charge is 0.270 e. The van der Waals surface area contributed by atoms with Gasteiger partial charge >= 0.3 is 0 Å². The van der Waals surface area contributed by atoms with Crippen molar-refractivity contribution in [3.63, 3.8) is 0 Å². The van der Waals surface area contributed by atoms with Crippen molar-refractivity contribution in [1.29, 1.82) is 0 Å². The fourth-order valence-electron chi connectivity index (χ4n) is 2.65. The van der Waals surface area contributed by atoms with Gasteiger partial charge in [-0.2, -0.15) is 0 Å². The molecule has 27 heavy (non-hydrogen) atoms. The van der Waals surface area contributed by atoms with Crippen molar-refractivity contribution in [2.45, 2.75) is 0 Å². The molecule has 0 atom stereocenters. The van der Waals surface area contributed by atoms with Gasteiger partial charge in [0, 0.05) is 34.8 Å². The maximum absolute atomic E-state index is 13.2. The molecule has 2 aromatic heterocycles. The highest BCUT2D eigenvalue weighted by atomic mass is 32.1. The predicted octanol–water partition coefficient (Wildman–Crippen LogP) is 4.36. The second-order valence-electron chi connectivity index (χ2n) is 5.63. The van der Waals surface area contributed by atoms with Crippen molar-refractivity contribution in [3.05, 3.63) is 81.6 Å². The van der Waals surface area contributed by atoms with Gasteiger partial charge in [-0.05, 0) is 30.3 Å². The minimum atomic E-state index is -0.559. The Balaban J connectivity index is 1.75. The molecule has 9 heteroatoms. The van der Waals surface area contributed by atoms with Gasteiger partial charge in [0.1, 0.15) is 17.3 Å². The average Bonchev–Trinajstić information content (AvgIpc) is 3.25. The molecule has 0 aliphatic carbocycles. The molecular formula is C18H11FN4O3S. The Morgan fingerprint density at radius 1 is 1.22 bits per heavy atom. The first-order chi connectivity index (χ1) is 13.0. The zero-order chi connectivity index (χ0) is 19.0. The first kappa shape index (κ1) is 16.9. The van der Waals surface area contributed by atoms with Crippen LogP contribution in [0.25, 0.3) is 16.2 Å². The fourth-order valence-corrected chi connectivity index (χ4v) is 3.37. The predicted molar refractivity (Wildman–Crippen MR) is 99.5 cm³/mol. The Labute approximate surface area is 155 Å². The van der Waals surface area contributed by atoms with E-state index in [-0.39, 0.29) is 17.1 Å². The van der Waals surface area contributed by atoms with Crippen LogP contribution in [-0.4, -0.2) is 20.2 Å². The van der Waals surface area contributed by atoms with Crippen LogP contribution in [0.4, 0.5) is 15.9 Å². The van der Waals surface area contributed by atoms with Crippen LogP contribution in [0.2, 0.25) is 0 Å². The van der Waals surface area contributed by atoms with Gasteiger partial charge in [-0.15, -0.1) is 11.3 Å². The molecule has 0 radical (unpaired) electrons. The fraction of sp³-hybridized carbons (Fsp3) is 0. The highest BCUT2D eigenvalue weighted by Gasteiger charge is 2.19. The van der Waals surface area contributed by atoms with Crippen LogP contribution < -0.4 is 5.32 Å². The molecule has 4 rings (SSSR count). The van der Waals surface area contributed by atoms with Crippen LogP contribution in [0.5, 0.6) is 0 Å². The number of amides is 1.